The first kappa shape index (κ1) is 27.3. The van der Waals surface area contributed by atoms with Crippen LogP contribution in [0.1, 0.15) is 49.9 Å². The van der Waals surface area contributed by atoms with Crippen LogP contribution in [0.2, 0.25) is 0 Å². The van der Waals surface area contributed by atoms with E-state index < -0.39 is 17.7 Å². The summed E-state index contributed by atoms with van der Waals surface area (Å²) in [4.78, 5) is 32.2. The van der Waals surface area contributed by atoms with Gasteiger partial charge in [-0.3, -0.25) is 9.59 Å². The molecule has 1 aliphatic heterocycles. The third-order valence-electron chi connectivity index (χ3n) is 6.55. The molecule has 0 saturated carbocycles. The highest BCUT2D eigenvalue weighted by Crippen LogP contribution is 2.41. The first-order valence-corrected chi connectivity index (χ1v) is 12.3. The van der Waals surface area contributed by atoms with Crippen molar-refractivity contribution in [1.82, 2.24) is 9.80 Å². The Balaban J connectivity index is 2.16. The van der Waals surface area contributed by atoms with Crippen LogP contribution in [0.25, 0.3) is 5.76 Å². The topological polar surface area (TPSA) is 73.3 Å². The monoisotopic (exact) mass is 493 g/mol. The summed E-state index contributed by atoms with van der Waals surface area (Å²) in [6.07, 6.45) is 0.711. The Hall–Kier alpha value is -3.32. The number of ketones is 1. The van der Waals surface area contributed by atoms with Gasteiger partial charge in [0.2, 0.25) is 0 Å². The molecule has 0 aromatic heterocycles. The molecule has 1 fully saturated rings. The predicted octanol–water partition coefficient (Wildman–Crippen LogP) is 4.43. The minimum absolute atomic E-state index is 0.118. The van der Waals surface area contributed by atoms with Gasteiger partial charge in [-0.05, 0) is 68.4 Å². The molecule has 0 radical (unpaired) electrons. The van der Waals surface area contributed by atoms with Crippen molar-refractivity contribution in [1.29, 1.82) is 0 Å². The zero-order chi connectivity index (χ0) is 26.8. The number of carbonyl (C=O) groups excluding carboxylic acids is 2. The highest BCUT2D eigenvalue weighted by molar-refractivity contribution is 6.46. The maximum atomic E-state index is 13.3. The van der Waals surface area contributed by atoms with Gasteiger partial charge in [-0.25, -0.2) is 0 Å². The number of carbonyl (C=O) groups is 2. The van der Waals surface area contributed by atoms with E-state index in [1.54, 1.807) is 24.1 Å². The molecule has 0 aliphatic carbocycles. The summed E-state index contributed by atoms with van der Waals surface area (Å²) in [7, 11) is 9.47. The largest absolute Gasteiger partial charge is 0.507 e. The number of rotatable bonds is 8. The second-order valence-corrected chi connectivity index (χ2v) is 10.8. The number of benzene rings is 2. The summed E-state index contributed by atoms with van der Waals surface area (Å²) in [5.74, 6) is -0.703. The quantitative estimate of drug-likeness (QED) is 0.333. The summed E-state index contributed by atoms with van der Waals surface area (Å²) in [5, 5.41) is 11.5. The number of Topliss-reactive ketones (excluding diaryl/α,β-unsaturated/α-hetero) is 1. The minimum Gasteiger partial charge on any atom is -0.507 e. The molecule has 0 bridgehead atoms. The zero-order valence-corrected chi connectivity index (χ0v) is 22.8. The molecule has 1 saturated heterocycles. The fourth-order valence-electron chi connectivity index (χ4n) is 4.57. The number of methoxy groups -OCH3 is 1. The first-order valence-electron chi connectivity index (χ1n) is 12.3. The van der Waals surface area contributed by atoms with Gasteiger partial charge in [0.05, 0.1) is 18.7 Å². The van der Waals surface area contributed by atoms with E-state index in [-0.39, 0.29) is 16.7 Å². The van der Waals surface area contributed by atoms with Crippen molar-refractivity contribution in [3.05, 3.63) is 64.7 Å². The lowest BCUT2D eigenvalue weighted by molar-refractivity contribution is -0.139. The Labute approximate surface area is 215 Å². The van der Waals surface area contributed by atoms with E-state index >= 15 is 0 Å². The number of nitrogens with zero attached hydrogens (tertiary/aromatic N) is 3. The van der Waals surface area contributed by atoms with E-state index in [4.69, 9.17) is 4.74 Å². The van der Waals surface area contributed by atoms with Gasteiger partial charge in [-0.15, -0.1) is 0 Å². The first-order chi connectivity index (χ1) is 16.9. The van der Waals surface area contributed by atoms with Crippen molar-refractivity contribution in [2.45, 2.75) is 38.6 Å². The zero-order valence-electron chi connectivity index (χ0n) is 22.8. The molecule has 1 N–H and O–H groups in total. The number of aliphatic hydroxyl groups excluding tert-OH is 1. The molecule has 0 spiro atoms. The molecule has 7 heteroatoms. The lowest BCUT2D eigenvalue weighted by Crippen LogP contribution is -2.32. The van der Waals surface area contributed by atoms with E-state index in [0.717, 1.165) is 23.4 Å². The summed E-state index contributed by atoms with van der Waals surface area (Å²) in [6, 6.07) is 12.5. The smallest absolute Gasteiger partial charge is 0.295 e. The van der Waals surface area contributed by atoms with Gasteiger partial charge in [0, 0.05) is 37.5 Å². The predicted molar refractivity (Wildman–Crippen MR) is 145 cm³/mol. The maximum absolute atomic E-state index is 13.3. The van der Waals surface area contributed by atoms with E-state index in [9.17, 15) is 14.7 Å². The third kappa shape index (κ3) is 5.57. The van der Waals surface area contributed by atoms with Crippen LogP contribution in [0.4, 0.5) is 5.69 Å². The Bertz CT molecular complexity index is 1140. The van der Waals surface area contributed by atoms with Crippen molar-refractivity contribution in [3.63, 3.8) is 0 Å². The summed E-state index contributed by atoms with van der Waals surface area (Å²) >= 11 is 0. The van der Waals surface area contributed by atoms with E-state index in [2.05, 4.69) is 20.8 Å². The number of likely N-dealkylation sites (tertiary alicyclic amines) is 1. The van der Waals surface area contributed by atoms with Gasteiger partial charge in [0.15, 0.2) is 0 Å². The lowest BCUT2D eigenvalue weighted by Gasteiger charge is -2.27. The molecule has 1 unspecified atom stereocenters. The van der Waals surface area contributed by atoms with Gasteiger partial charge < -0.3 is 24.5 Å². The number of amides is 1. The standard InChI is InChI=1S/C29H39N3O4/c1-29(2,3)22-18-20(12-15-23(22)36-8)26(33)24-25(19-10-13-21(14-11-19)31(6)7)32(28(35)27(24)34)17-9-16-30(4)5/h10-15,18,25,33H,9,16-17H2,1-8H3/b26-24-. The highest BCUT2D eigenvalue weighted by Gasteiger charge is 2.45. The average molecular weight is 494 g/mol. The molecule has 194 valence electrons. The summed E-state index contributed by atoms with van der Waals surface area (Å²) in [5.41, 5.74) is 3.06. The Morgan fingerprint density at radius 3 is 2.19 bits per heavy atom. The highest BCUT2D eigenvalue weighted by atomic mass is 16.5. The van der Waals surface area contributed by atoms with Gasteiger partial charge in [-0.1, -0.05) is 32.9 Å². The van der Waals surface area contributed by atoms with Crippen LogP contribution in [0.3, 0.4) is 0 Å². The molecule has 2 aromatic carbocycles. The van der Waals surface area contributed by atoms with Crippen LogP contribution in [-0.4, -0.2) is 75.0 Å². The van der Waals surface area contributed by atoms with E-state index in [1.165, 1.54) is 0 Å². The van der Waals surface area contributed by atoms with Crippen molar-refractivity contribution < 1.29 is 19.4 Å². The molecule has 1 heterocycles. The number of ether oxygens (including phenoxy) is 1. The van der Waals surface area contributed by atoms with Crippen molar-refractivity contribution in [2.75, 3.05) is 53.3 Å². The second-order valence-electron chi connectivity index (χ2n) is 10.8. The molecule has 36 heavy (non-hydrogen) atoms. The van der Waals surface area contributed by atoms with Crippen LogP contribution in [0.5, 0.6) is 5.75 Å². The lowest BCUT2D eigenvalue weighted by atomic mass is 9.84. The molecular weight excluding hydrogens is 454 g/mol. The SMILES string of the molecule is COc1ccc(/C(O)=C2/C(=O)C(=O)N(CCCN(C)C)C2c2ccc(N(C)C)cc2)cc1C(C)(C)C. The normalized spacial score (nSPS) is 17.7. The van der Waals surface area contributed by atoms with Gasteiger partial charge in [0.1, 0.15) is 11.5 Å². The molecule has 7 nitrogen and oxygen atoms in total. The molecule has 3 rings (SSSR count). The Morgan fingerprint density at radius 1 is 1.03 bits per heavy atom. The molecule has 1 atom stereocenters. The van der Waals surface area contributed by atoms with Crippen LogP contribution in [0.15, 0.2) is 48.0 Å². The molecule has 1 aliphatic rings. The van der Waals surface area contributed by atoms with Crippen LogP contribution in [-0.2, 0) is 15.0 Å². The fourth-order valence-corrected chi connectivity index (χ4v) is 4.57. The number of anilines is 1. The van der Waals surface area contributed by atoms with E-state index in [1.807, 2.05) is 68.3 Å². The fraction of sp³-hybridized carbons (Fsp3) is 0.448. The van der Waals surface area contributed by atoms with Gasteiger partial charge in [-0.2, -0.15) is 0 Å². The minimum atomic E-state index is -0.663. The van der Waals surface area contributed by atoms with Gasteiger partial charge >= 0.3 is 0 Å². The Kier molecular flexibility index (Phi) is 8.14. The summed E-state index contributed by atoms with van der Waals surface area (Å²) < 4.78 is 5.54. The second kappa shape index (κ2) is 10.7. The van der Waals surface area contributed by atoms with Crippen LogP contribution in [0, 0.1) is 0 Å². The molecule has 1 amide bonds. The third-order valence-corrected chi connectivity index (χ3v) is 6.55. The van der Waals surface area contributed by atoms with Gasteiger partial charge in [0.25, 0.3) is 11.7 Å². The maximum Gasteiger partial charge on any atom is 0.295 e. The average Bonchev–Trinajstić information content (AvgIpc) is 3.07. The molecule has 2 aromatic rings. The van der Waals surface area contributed by atoms with E-state index in [0.29, 0.717) is 24.3 Å². The number of hydrogen-bond donors (Lipinski definition) is 1. The van der Waals surface area contributed by atoms with Crippen molar-refractivity contribution >= 4 is 23.1 Å². The van der Waals surface area contributed by atoms with Crippen molar-refractivity contribution in [3.8, 4) is 5.75 Å². The summed E-state index contributed by atoms with van der Waals surface area (Å²) in [6.45, 7) is 7.37. The number of aliphatic hydroxyl groups is 1. The van der Waals surface area contributed by atoms with Crippen LogP contribution >= 0.6 is 0 Å². The molecular formula is C29H39N3O4. The number of hydrogen-bond acceptors (Lipinski definition) is 6. The van der Waals surface area contributed by atoms with Crippen LogP contribution < -0.4 is 9.64 Å². The van der Waals surface area contributed by atoms with Crippen molar-refractivity contribution in [2.24, 2.45) is 0 Å². The Morgan fingerprint density at radius 2 is 1.67 bits per heavy atom.